The molecule has 1 atom stereocenters. The number of anilines is 1. The molecule has 0 bridgehead atoms. The molecule has 1 N–H and O–H groups in total. The minimum atomic E-state index is -1.10. The molecule has 0 saturated carbocycles. The second-order valence-corrected chi connectivity index (χ2v) is 6.05. The van der Waals surface area contributed by atoms with E-state index < -0.39 is 17.7 Å². The highest BCUT2D eigenvalue weighted by atomic mass is 16.5. The van der Waals surface area contributed by atoms with Gasteiger partial charge in [-0.05, 0) is 5.56 Å². The summed E-state index contributed by atoms with van der Waals surface area (Å²) in [6, 6.07) is 12.0. The van der Waals surface area contributed by atoms with Crippen LogP contribution in [-0.4, -0.2) is 42.7 Å². The average molecular weight is 395 g/mol. The van der Waals surface area contributed by atoms with E-state index in [1.807, 2.05) is 6.07 Å². The van der Waals surface area contributed by atoms with Crippen molar-refractivity contribution in [3.05, 3.63) is 66.7 Å². The lowest BCUT2D eigenvalue weighted by Crippen LogP contribution is -2.31. The number of hydrogen-bond donors (Lipinski definition) is 1. The van der Waals surface area contributed by atoms with Gasteiger partial charge in [0.05, 0.1) is 21.3 Å². The quantitative estimate of drug-likeness (QED) is 0.619. The van der Waals surface area contributed by atoms with Crippen molar-refractivity contribution in [2.75, 3.05) is 26.6 Å². The Morgan fingerprint density at radius 3 is 2.17 bits per heavy atom. The number of aromatic nitrogens is 2. The van der Waals surface area contributed by atoms with Crippen molar-refractivity contribution in [2.24, 2.45) is 0 Å². The molecule has 0 radical (unpaired) electrons. The Morgan fingerprint density at radius 2 is 1.66 bits per heavy atom. The number of amides is 1. The number of carbonyl (C=O) groups is 2. The van der Waals surface area contributed by atoms with Gasteiger partial charge in [-0.1, -0.05) is 30.3 Å². The third kappa shape index (κ3) is 4.21. The number of ether oxygens (including phenoxy) is 3. The maximum Gasteiger partial charge on any atom is 0.248 e. The molecule has 8 heteroatoms. The molecule has 0 aliphatic heterocycles. The normalized spacial score (nSPS) is 11.4. The predicted octanol–water partition coefficient (Wildman–Crippen LogP) is 2.97. The summed E-state index contributed by atoms with van der Waals surface area (Å²) >= 11 is 0. The molecule has 2 aromatic carbocycles. The summed E-state index contributed by atoms with van der Waals surface area (Å²) in [7, 11) is 4.45. The van der Waals surface area contributed by atoms with Crippen LogP contribution in [0.5, 0.6) is 17.2 Å². The Bertz CT molecular complexity index is 962. The van der Waals surface area contributed by atoms with Crippen LogP contribution >= 0.6 is 0 Å². The molecule has 1 aromatic heterocycles. The summed E-state index contributed by atoms with van der Waals surface area (Å²) in [5.41, 5.74) is 0.857. The van der Waals surface area contributed by atoms with Crippen molar-refractivity contribution in [3.8, 4) is 17.2 Å². The Kier molecular flexibility index (Phi) is 6.13. The molecular formula is C21H21N3O5. The van der Waals surface area contributed by atoms with Crippen LogP contribution in [-0.2, 0) is 4.79 Å². The van der Waals surface area contributed by atoms with Gasteiger partial charge in [-0.2, -0.15) is 0 Å². The van der Waals surface area contributed by atoms with Gasteiger partial charge in [0.25, 0.3) is 0 Å². The highest BCUT2D eigenvalue weighted by molar-refractivity contribution is 6.12. The molecule has 8 nitrogen and oxygen atoms in total. The van der Waals surface area contributed by atoms with Crippen molar-refractivity contribution < 1.29 is 23.8 Å². The SMILES string of the molecule is COc1cc(OC)c(NC(=O)C(C(=O)n2ccnc2)c2ccccc2)c(OC)c1. The predicted molar refractivity (Wildman–Crippen MR) is 107 cm³/mol. The smallest absolute Gasteiger partial charge is 0.248 e. The number of carbonyl (C=O) groups excluding carboxylic acids is 2. The van der Waals surface area contributed by atoms with Gasteiger partial charge in [-0.25, -0.2) is 4.98 Å². The van der Waals surface area contributed by atoms with Gasteiger partial charge in [-0.15, -0.1) is 0 Å². The van der Waals surface area contributed by atoms with Gasteiger partial charge in [0.1, 0.15) is 35.2 Å². The number of nitrogens with zero attached hydrogens (tertiary/aromatic N) is 2. The van der Waals surface area contributed by atoms with Crippen LogP contribution in [0, 0.1) is 0 Å². The molecule has 29 heavy (non-hydrogen) atoms. The summed E-state index contributed by atoms with van der Waals surface area (Å²) in [5, 5.41) is 2.77. The van der Waals surface area contributed by atoms with E-state index in [9.17, 15) is 9.59 Å². The van der Waals surface area contributed by atoms with Crippen molar-refractivity contribution in [3.63, 3.8) is 0 Å². The standard InChI is InChI=1S/C21H21N3O5/c1-27-15-11-16(28-2)19(17(12-15)29-3)23-20(25)18(14-7-5-4-6-8-14)21(26)24-10-9-22-13-24/h4-13,18H,1-3H3,(H,23,25). The number of hydrogen-bond acceptors (Lipinski definition) is 6. The minimum Gasteiger partial charge on any atom is -0.496 e. The lowest BCUT2D eigenvalue weighted by atomic mass is 9.97. The van der Waals surface area contributed by atoms with Crippen LogP contribution in [0.3, 0.4) is 0 Å². The Labute approximate surface area is 168 Å². The van der Waals surface area contributed by atoms with Crippen LogP contribution in [0.4, 0.5) is 5.69 Å². The fourth-order valence-electron chi connectivity index (χ4n) is 2.91. The van der Waals surface area contributed by atoms with E-state index in [0.717, 1.165) is 0 Å². The maximum atomic E-state index is 13.2. The van der Waals surface area contributed by atoms with E-state index in [4.69, 9.17) is 14.2 Å². The van der Waals surface area contributed by atoms with Gasteiger partial charge in [-0.3, -0.25) is 14.2 Å². The lowest BCUT2D eigenvalue weighted by Gasteiger charge is -2.20. The number of methoxy groups -OCH3 is 3. The Hall–Kier alpha value is -3.81. The molecule has 1 unspecified atom stereocenters. The van der Waals surface area contributed by atoms with E-state index >= 15 is 0 Å². The third-order valence-corrected chi connectivity index (χ3v) is 4.36. The molecule has 150 valence electrons. The summed E-state index contributed by atoms with van der Waals surface area (Å²) in [6.45, 7) is 0. The largest absolute Gasteiger partial charge is 0.496 e. The topological polar surface area (TPSA) is 91.7 Å². The van der Waals surface area contributed by atoms with Crippen molar-refractivity contribution in [1.29, 1.82) is 0 Å². The van der Waals surface area contributed by atoms with Crippen molar-refractivity contribution in [2.45, 2.75) is 5.92 Å². The molecule has 3 rings (SSSR count). The molecule has 3 aromatic rings. The number of nitrogens with one attached hydrogen (secondary N) is 1. The molecule has 0 aliphatic carbocycles. The summed E-state index contributed by atoms with van der Waals surface area (Å²) in [6.07, 6.45) is 4.34. The molecular weight excluding hydrogens is 374 g/mol. The fourth-order valence-corrected chi connectivity index (χ4v) is 2.91. The van der Waals surface area contributed by atoms with E-state index in [1.54, 1.807) is 36.4 Å². The maximum absolute atomic E-state index is 13.2. The number of rotatable bonds is 7. The van der Waals surface area contributed by atoms with Gasteiger partial charge in [0, 0.05) is 24.5 Å². The molecule has 1 amide bonds. The van der Waals surface area contributed by atoms with Gasteiger partial charge in [0.2, 0.25) is 11.8 Å². The molecule has 0 spiro atoms. The fraction of sp³-hybridized carbons (Fsp3) is 0.190. The first kappa shape index (κ1) is 19.9. The first-order chi connectivity index (χ1) is 14.1. The van der Waals surface area contributed by atoms with E-state index in [-0.39, 0.29) is 0 Å². The lowest BCUT2D eigenvalue weighted by molar-refractivity contribution is -0.116. The monoisotopic (exact) mass is 395 g/mol. The second kappa shape index (κ2) is 8.92. The van der Waals surface area contributed by atoms with Crippen molar-refractivity contribution >= 4 is 17.5 Å². The van der Waals surface area contributed by atoms with Crippen molar-refractivity contribution in [1.82, 2.24) is 9.55 Å². The van der Waals surface area contributed by atoms with E-state index in [1.165, 1.54) is 44.6 Å². The molecule has 0 fully saturated rings. The zero-order chi connectivity index (χ0) is 20.8. The number of benzene rings is 2. The molecule has 0 aliphatic rings. The van der Waals surface area contributed by atoms with E-state index in [0.29, 0.717) is 28.5 Å². The van der Waals surface area contributed by atoms with Gasteiger partial charge in [0.15, 0.2) is 0 Å². The van der Waals surface area contributed by atoms with Crippen LogP contribution < -0.4 is 19.5 Å². The van der Waals surface area contributed by atoms with Crippen LogP contribution in [0.15, 0.2) is 61.2 Å². The summed E-state index contributed by atoms with van der Waals surface area (Å²) in [4.78, 5) is 30.2. The van der Waals surface area contributed by atoms with Gasteiger partial charge >= 0.3 is 0 Å². The first-order valence-electron chi connectivity index (χ1n) is 8.77. The van der Waals surface area contributed by atoms with Crippen LogP contribution in [0.25, 0.3) is 0 Å². The van der Waals surface area contributed by atoms with E-state index in [2.05, 4.69) is 10.3 Å². The van der Waals surface area contributed by atoms with Crippen LogP contribution in [0.2, 0.25) is 0 Å². The highest BCUT2D eigenvalue weighted by Gasteiger charge is 2.31. The highest BCUT2D eigenvalue weighted by Crippen LogP contribution is 2.39. The third-order valence-electron chi connectivity index (χ3n) is 4.36. The second-order valence-electron chi connectivity index (χ2n) is 6.05. The first-order valence-corrected chi connectivity index (χ1v) is 8.77. The van der Waals surface area contributed by atoms with Gasteiger partial charge < -0.3 is 19.5 Å². The summed E-state index contributed by atoms with van der Waals surface area (Å²) in [5.74, 6) is -0.866. The Balaban J connectivity index is 2.01. The molecule has 0 saturated heterocycles. The molecule has 1 heterocycles. The Morgan fingerprint density at radius 1 is 1.00 bits per heavy atom. The van der Waals surface area contributed by atoms with Crippen LogP contribution in [0.1, 0.15) is 16.3 Å². The number of imidazole rings is 1. The summed E-state index contributed by atoms with van der Waals surface area (Å²) < 4.78 is 17.3. The zero-order valence-electron chi connectivity index (χ0n) is 16.3. The average Bonchev–Trinajstić information content (AvgIpc) is 3.29. The minimum absolute atomic E-state index is 0.306. The zero-order valence-corrected chi connectivity index (χ0v) is 16.3.